The van der Waals surface area contributed by atoms with Gasteiger partial charge < -0.3 is 21.1 Å². The van der Waals surface area contributed by atoms with Crippen LogP contribution in [0.2, 0.25) is 0 Å². The van der Waals surface area contributed by atoms with Gasteiger partial charge in [0.1, 0.15) is 12.1 Å². The number of carbonyl (C=O) groups is 3. The first kappa shape index (κ1) is 13.6. The van der Waals surface area contributed by atoms with Gasteiger partial charge in [-0.05, 0) is 31.6 Å². The maximum atomic E-state index is 12.2. The molecule has 1 heterocycles. The van der Waals surface area contributed by atoms with Crippen molar-refractivity contribution in [1.82, 2.24) is 10.2 Å². The molecule has 4 atom stereocenters. The second-order valence-corrected chi connectivity index (χ2v) is 5.36. The van der Waals surface area contributed by atoms with Crippen molar-refractivity contribution in [3.05, 3.63) is 0 Å². The Kier molecular flexibility index (Phi) is 3.64. The molecule has 7 heteroatoms. The highest BCUT2D eigenvalue weighted by Gasteiger charge is 2.50. The summed E-state index contributed by atoms with van der Waals surface area (Å²) in [6.45, 7) is 1.98. The number of carboxylic acid groups (broad SMARTS) is 1. The van der Waals surface area contributed by atoms with Crippen molar-refractivity contribution in [2.75, 3.05) is 6.54 Å². The maximum absolute atomic E-state index is 12.2. The monoisotopic (exact) mass is 269 g/mol. The van der Waals surface area contributed by atoms with E-state index >= 15 is 0 Å². The van der Waals surface area contributed by atoms with Crippen LogP contribution in [0, 0.1) is 11.8 Å². The van der Waals surface area contributed by atoms with Crippen molar-refractivity contribution >= 4 is 17.9 Å². The molecular weight excluding hydrogens is 250 g/mol. The Hall–Kier alpha value is -1.79. The number of carbonyl (C=O) groups excluding carboxylic acids is 2. The largest absolute Gasteiger partial charge is 0.480 e. The fourth-order valence-corrected chi connectivity index (χ4v) is 3.37. The molecule has 1 aliphatic heterocycles. The molecule has 1 aliphatic carbocycles. The summed E-state index contributed by atoms with van der Waals surface area (Å²) in [4.78, 5) is 35.8. The van der Waals surface area contributed by atoms with E-state index in [9.17, 15) is 19.5 Å². The number of amides is 3. The highest BCUT2D eigenvalue weighted by molar-refractivity contribution is 5.90. The first-order valence-corrected chi connectivity index (χ1v) is 6.51. The Bertz CT molecular complexity index is 412. The van der Waals surface area contributed by atoms with Crippen molar-refractivity contribution in [1.29, 1.82) is 0 Å². The SMILES string of the molecule is CC(NC(N)=O)C(=O)N1CC2CCCC2C1C(=O)O. The quantitative estimate of drug-likeness (QED) is 0.656. The summed E-state index contributed by atoms with van der Waals surface area (Å²) in [5.41, 5.74) is 4.98. The van der Waals surface area contributed by atoms with E-state index in [0.29, 0.717) is 6.54 Å². The van der Waals surface area contributed by atoms with Gasteiger partial charge in [0.15, 0.2) is 0 Å². The third kappa shape index (κ3) is 2.50. The number of nitrogens with one attached hydrogen (secondary N) is 1. The molecule has 7 nitrogen and oxygen atoms in total. The minimum atomic E-state index is -0.964. The van der Waals surface area contributed by atoms with Crippen molar-refractivity contribution in [3.63, 3.8) is 0 Å². The van der Waals surface area contributed by atoms with Gasteiger partial charge in [-0.15, -0.1) is 0 Å². The van der Waals surface area contributed by atoms with Crippen molar-refractivity contribution in [2.24, 2.45) is 17.6 Å². The minimum absolute atomic E-state index is 0.0437. The molecule has 106 valence electrons. The van der Waals surface area contributed by atoms with E-state index in [1.54, 1.807) is 0 Å². The number of urea groups is 1. The number of likely N-dealkylation sites (tertiary alicyclic amines) is 1. The van der Waals surface area contributed by atoms with Crippen LogP contribution in [0.4, 0.5) is 4.79 Å². The lowest BCUT2D eigenvalue weighted by Crippen LogP contribution is -2.52. The fraction of sp³-hybridized carbons (Fsp3) is 0.750. The van der Waals surface area contributed by atoms with Crippen LogP contribution in [-0.2, 0) is 9.59 Å². The van der Waals surface area contributed by atoms with E-state index in [1.165, 1.54) is 11.8 Å². The zero-order valence-corrected chi connectivity index (χ0v) is 10.8. The maximum Gasteiger partial charge on any atom is 0.326 e. The molecule has 0 radical (unpaired) electrons. The summed E-state index contributed by atoms with van der Waals surface area (Å²) in [6, 6.07) is -2.34. The van der Waals surface area contributed by atoms with E-state index < -0.39 is 24.1 Å². The Morgan fingerprint density at radius 2 is 2.05 bits per heavy atom. The molecule has 0 bridgehead atoms. The van der Waals surface area contributed by atoms with E-state index in [0.717, 1.165) is 19.3 Å². The third-order valence-electron chi connectivity index (χ3n) is 4.16. The van der Waals surface area contributed by atoms with Crippen molar-refractivity contribution in [2.45, 2.75) is 38.3 Å². The Labute approximate surface area is 111 Å². The predicted molar refractivity (Wildman–Crippen MR) is 66.1 cm³/mol. The van der Waals surface area contributed by atoms with Gasteiger partial charge in [0.25, 0.3) is 0 Å². The lowest BCUT2D eigenvalue weighted by Gasteiger charge is -2.27. The lowest BCUT2D eigenvalue weighted by molar-refractivity contribution is -0.150. The average molecular weight is 269 g/mol. The number of primary amides is 1. The molecule has 0 spiro atoms. The third-order valence-corrected chi connectivity index (χ3v) is 4.16. The topological polar surface area (TPSA) is 113 Å². The standard InChI is InChI=1S/C12H19N3O4/c1-6(14-12(13)19)10(16)15-5-7-3-2-4-8(7)9(15)11(17)18/h6-9H,2-5H2,1H3,(H,17,18)(H3,13,14,19). The van der Waals surface area contributed by atoms with Gasteiger partial charge >= 0.3 is 12.0 Å². The van der Waals surface area contributed by atoms with Crippen molar-refractivity contribution < 1.29 is 19.5 Å². The highest BCUT2D eigenvalue weighted by Crippen LogP contribution is 2.42. The smallest absolute Gasteiger partial charge is 0.326 e. The van der Waals surface area contributed by atoms with E-state index in [-0.39, 0.29) is 17.7 Å². The fourth-order valence-electron chi connectivity index (χ4n) is 3.37. The number of nitrogens with zero attached hydrogens (tertiary/aromatic N) is 1. The van der Waals surface area contributed by atoms with E-state index in [4.69, 9.17) is 5.73 Å². The molecule has 2 aliphatic rings. The van der Waals surface area contributed by atoms with E-state index in [1.807, 2.05) is 0 Å². The number of aliphatic carboxylic acids is 1. The second-order valence-electron chi connectivity index (χ2n) is 5.36. The normalized spacial score (nSPS) is 30.8. The molecular formula is C12H19N3O4. The number of carboxylic acids is 1. The molecule has 1 saturated carbocycles. The summed E-state index contributed by atoms with van der Waals surface area (Å²) in [7, 11) is 0. The molecule has 19 heavy (non-hydrogen) atoms. The predicted octanol–water partition coefficient (Wildman–Crippen LogP) is -0.245. The van der Waals surface area contributed by atoms with Gasteiger partial charge in [0.05, 0.1) is 0 Å². The van der Waals surface area contributed by atoms with Crippen LogP contribution in [-0.4, -0.2) is 46.5 Å². The van der Waals surface area contributed by atoms with Crippen LogP contribution in [0.5, 0.6) is 0 Å². The van der Waals surface area contributed by atoms with Crippen LogP contribution in [0.3, 0.4) is 0 Å². The summed E-state index contributed by atoms with van der Waals surface area (Å²) in [5, 5.41) is 11.6. The van der Waals surface area contributed by atoms with Gasteiger partial charge in [0, 0.05) is 6.54 Å². The zero-order valence-electron chi connectivity index (χ0n) is 10.8. The summed E-state index contributed by atoms with van der Waals surface area (Å²) >= 11 is 0. The van der Waals surface area contributed by atoms with Gasteiger partial charge in [-0.25, -0.2) is 9.59 Å². The Morgan fingerprint density at radius 3 is 2.63 bits per heavy atom. The van der Waals surface area contributed by atoms with Crippen molar-refractivity contribution in [3.8, 4) is 0 Å². The molecule has 0 aromatic heterocycles. The highest BCUT2D eigenvalue weighted by atomic mass is 16.4. The van der Waals surface area contributed by atoms with Gasteiger partial charge in [0.2, 0.25) is 5.91 Å². The number of hydrogen-bond acceptors (Lipinski definition) is 3. The van der Waals surface area contributed by atoms with Crippen LogP contribution in [0.25, 0.3) is 0 Å². The Morgan fingerprint density at radius 1 is 1.37 bits per heavy atom. The average Bonchev–Trinajstić information content (AvgIpc) is 2.84. The molecule has 4 N–H and O–H groups in total. The van der Waals surface area contributed by atoms with Crippen LogP contribution in [0.15, 0.2) is 0 Å². The van der Waals surface area contributed by atoms with Gasteiger partial charge in [-0.2, -0.15) is 0 Å². The number of fused-ring (bicyclic) bond motifs is 1. The second kappa shape index (κ2) is 5.07. The number of rotatable bonds is 3. The summed E-state index contributed by atoms with van der Waals surface area (Å²) in [5.74, 6) is -1.03. The summed E-state index contributed by atoms with van der Waals surface area (Å²) in [6.07, 6.45) is 2.84. The van der Waals surface area contributed by atoms with Crippen LogP contribution >= 0.6 is 0 Å². The van der Waals surface area contributed by atoms with E-state index in [2.05, 4.69) is 5.32 Å². The molecule has 0 aromatic rings. The zero-order chi connectivity index (χ0) is 14.2. The molecule has 0 aromatic carbocycles. The molecule has 2 rings (SSSR count). The number of nitrogens with two attached hydrogens (primary N) is 1. The molecule has 1 saturated heterocycles. The van der Waals surface area contributed by atoms with Gasteiger partial charge in [-0.1, -0.05) is 6.42 Å². The number of hydrogen-bond donors (Lipinski definition) is 3. The molecule has 3 amide bonds. The summed E-state index contributed by atoms with van der Waals surface area (Å²) < 4.78 is 0. The molecule has 2 fully saturated rings. The van der Waals surface area contributed by atoms with Gasteiger partial charge in [-0.3, -0.25) is 4.79 Å². The lowest BCUT2D eigenvalue weighted by atomic mass is 9.94. The Balaban J connectivity index is 2.12. The first-order valence-electron chi connectivity index (χ1n) is 6.51. The minimum Gasteiger partial charge on any atom is -0.480 e. The van der Waals surface area contributed by atoms with Crippen LogP contribution < -0.4 is 11.1 Å². The van der Waals surface area contributed by atoms with Crippen LogP contribution in [0.1, 0.15) is 26.2 Å². The first-order chi connectivity index (χ1) is 8.91. The molecule has 4 unspecified atom stereocenters.